The predicted octanol–water partition coefficient (Wildman–Crippen LogP) is 2.08. The van der Waals surface area contributed by atoms with Gasteiger partial charge in [0, 0.05) is 30.9 Å². The molecule has 2 bridgehead atoms. The van der Waals surface area contributed by atoms with Crippen LogP contribution in [0.5, 0.6) is 0 Å². The summed E-state index contributed by atoms with van der Waals surface area (Å²) in [6, 6.07) is 6.80. The zero-order valence-corrected chi connectivity index (χ0v) is 16.3. The highest BCUT2D eigenvalue weighted by Gasteiger charge is 2.39. The van der Waals surface area contributed by atoms with Crippen LogP contribution >= 0.6 is 0 Å². The Labute approximate surface area is 155 Å². The van der Waals surface area contributed by atoms with Gasteiger partial charge in [-0.2, -0.15) is 0 Å². The Balaban J connectivity index is 1.66. The van der Waals surface area contributed by atoms with Crippen molar-refractivity contribution < 1.29 is 13.2 Å². The number of urea groups is 1. The summed E-state index contributed by atoms with van der Waals surface area (Å²) < 4.78 is 26.8. The molecule has 2 atom stereocenters. The summed E-state index contributed by atoms with van der Waals surface area (Å²) in [7, 11) is -1.39. The van der Waals surface area contributed by atoms with E-state index >= 15 is 0 Å². The van der Waals surface area contributed by atoms with Gasteiger partial charge >= 0.3 is 6.03 Å². The third-order valence-corrected chi connectivity index (χ3v) is 6.66. The highest BCUT2D eigenvalue weighted by molar-refractivity contribution is 7.89. The van der Waals surface area contributed by atoms with Gasteiger partial charge in [0.25, 0.3) is 0 Å². The maximum atomic E-state index is 12.8. The van der Waals surface area contributed by atoms with Gasteiger partial charge in [-0.05, 0) is 63.5 Å². The van der Waals surface area contributed by atoms with Gasteiger partial charge in [-0.25, -0.2) is 17.9 Å². The van der Waals surface area contributed by atoms with Crippen LogP contribution in [0.1, 0.15) is 32.6 Å². The second-order valence-electron chi connectivity index (χ2n) is 7.20. The molecule has 0 saturated carbocycles. The number of likely N-dealkylation sites (tertiary alicyclic amines) is 1. The van der Waals surface area contributed by atoms with Gasteiger partial charge in [0.1, 0.15) is 0 Å². The van der Waals surface area contributed by atoms with Crippen LogP contribution in [0.15, 0.2) is 29.2 Å². The average molecular weight is 381 g/mol. The standard InChI is InChI=1S/C18H28N4O3S/c1-3-11-19-26(24,25)17-8-4-14(5-9-17)20-18(23)22-15-6-7-16(22)13-21(2)12-10-15/h4-5,8-9,15-16,19H,3,6-7,10-13H2,1-2H3,(H,20,23)/t15-,16+/m0/s1. The zero-order chi connectivity index (χ0) is 18.7. The fourth-order valence-electron chi connectivity index (χ4n) is 3.80. The van der Waals surface area contributed by atoms with Gasteiger partial charge in [-0.15, -0.1) is 0 Å². The molecule has 2 fully saturated rings. The summed E-state index contributed by atoms with van der Waals surface area (Å²) in [4.78, 5) is 17.3. The number of benzene rings is 1. The van der Waals surface area contributed by atoms with E-state index in [0.29, 0.717) is 18.3 Å². The Bertz CT molecular complexity index is 735. The molecule has 1 aromatic rings. The molecule has 144 valence electrons. The van der Waals surface area contributed by atoms with Crippen LogP contribution in [-0.2, 0) is 10.0 Å². The molecule has 2 amide bonds. The average Bonchev–Trinajstić information content (AvgIpc) is 2.92. The SMILES string of the molecule is CCCNS(=O)(=O)c1ccc(NC(=O)N2[C@H]3CC[C@@H]2CN(C)CC3)cc1. The number of carbonyl (C=O) groups is 1. The first-order valence-electron chi connectivity index (χ1n) is 9.28. The molecule has 0 aliphatic carbocycles. The summed E-state index contributed by atoms with van der Waals surface area (Å²) >= 11 is 0. The Hall–Kier alpha value is -1.64. The van der Waals surface area contributed by atoms with E-state index in [0.717, 1.165) is 38.8 Å². The van der Waals surface area contributed by atoms with Crippen LogP contribution < -0.4 is 10.0 Å². The van der Waals surface area contributed by atoms with Gasteiger partial charge in [0.2, 0.25) is 10.0 Å². The van der Waals surface area contributed by atoms with E-state index in [9.17, 15) is 13.2 Å². The fraction of sp³-hybridized carbons (Fsp3) is 0.611. The van der Waals surface area contributed by atoms with Gasteiger partial charge in [0.05, 0.1) is 4.90 Å². The summed E-state index contributed by atoms with van der Waals surface area (Å²) in [6.07, 6.45) is 3.84. The summed E-state index contributed by atoms with van der Waals surface area (Å²) in [5.74, 6) is 0. The molecule has 7 nitrogen and oxygen atoms in total. The molecule has 3 rings (SSSR count). The number of hydrogen-bond donors (Lipinski definition) is 2. The third kappa shape index (κ3) is 4.19. The van der Waals surface area contributed by atoms with Crippen molar-refractivity contribution in [2.45, 2.75) is 49.6 Å². The van der Waals surface area contributed by atoms with Crippen LogP contribution in [0.3, 0.4) is 0 Å². The normalized spacial score (nSPS) is 23.7. The zero-order valence-electron chi connectivity index (χ0n) is 15.4. The highest BCUT2D eigenvalue weighted by atomic mass is 32.2. The summed E-state index contributed by atoms with van der Waals surface area (Å²) in [6.45, 7) is 4.24. The van der Waals surface area contributed by atoms with Crippen molar-refractivity contribution in [1.29, 1.82) is 0 Å². The third-order valence-electron chi connectivity index (χ3n) is 5.18. The lowest BCUT2D eigenvalue weighted by atomic mass is 10.1. The fourth-order valence-corrected chi connectivity index (χ4v) is 4.93. The number of likely N-dealkylation sites (N-methyl/N-ethyl adjacent to an activating group) is 1. The minimum atomic E-state index is -3.49. The molecular formula is C18H28N4O3S. The molecule has 1 aromatic carbocycles. The molecule has 26 heavy (non-hydrogen) atoms. The van der Waals surface area contributed by atoms with Crippen molar-refractivity contribution in [1.82, 2.24) is 14.5 Å². The molecule has 2 aliphatic heterocycles. The van der Waals surface area contributed by atoms with E-state index in [1.54, 1.807) is 12.1 Å². The first-order valence-corrected chi connectivity index (χ1v) is 10.8. The van der Waals surface area contributed by atoms with Crippen molar-refractivity contribution in [3.05, 3.63) is 24.3 Å². The van der Waals surface area contributed by atoms with E-state index in [4.69, 9.17) is 0 Å². The summed E-state index contributed by atoms with van der Waals surface area (Å²) in [5.41, 5.74) is 0.612. The second-order valence-corrected chi connectivity index (χ2v) is 8.96. The van der Waals surface area contributed by atoms with Crippen molar-refractivity contribution in [2.75, 3.05) is 32.0 Å². The molecule has 2 aliphatic rings. The van der Waals surface area contributed by atoms with E-state index in [2.05, 4.69) is 22.0 Å². The van der Waals surface area contributed by atoms with Crippen LogP contribution in [0.2, 0.25) is 0 Å². The number of sulfonamides is 1. The highest BCUT2D eigenvalue weighted by Crippen LogP contribution is 2.30. The van der Waals surface area contributed by atoms with E-state index in [-0.39, 0.29) is 17.0 Å². The monoisotopic (exact) mass is 380 g/mol. The van der Waals surface area contributed by atoms with Crippen molar-refractivity contribution in [2.24, 2.45) is 0 Å². The van der Waals surface area contributed by atoms with E-state index in [1.807, 2.05) is 11.8 Å². The Morgan fingerprint density at radius 1 is 1.15 bits per heavy atom. The minimum Gasteiger partial charge on any atom is -0.317 e. The number of amides is 2. The molecular weight excluding hydrogens is 352 g/mol. The van der Waals surface area contributed by atoms with Gasteiger partial charge in [-0.3, -0.25) is 0 Å². The molecule has 0 spiro atoms. The Morgan fingerprint density at radius 3 is 2.54 bits per heavy atom. The number of nitrogens with one attached hydrogen (secondary N) is 2. The van der Waals surface area contributed by atoms with Crippen LogP contribution in [0.4, 0.5) is 10.5 Å². The molecule has 8 heteroatoms. The van der Waals surface area contributed by atoms with Crippen molar-refractivity contribution >= 4 is 21.7 Å². The molecule has 2 saturated heterocycles. The first kappa shape index (κ1) is 19.1. The molecule has 2 heterocycles. The van der Waals surface area contributed by atoms with Crippen LogP contribution in [-0.4, -0.2) is 63.0 Å². The molecule has 0 radical (unpaired) electrons. The van der Waals surface area contributed by atoms with Gasteiger partial charge in [-0.1, -0.05) is 6.92 Å². The van der Waals surface area contributed by atoms with Crippen LogP contribution in [0, 0.1) is 0 Å². The van der Waals surface area contributed by atoms with Crippen LogP contribution in [0.25, 0.3) is 0 Å². The quantitative estimate of drug-likeness (QED) is 0.819. The maximum absolute atomic E-state index is 12.8. The Morgan fingerprint density at radius 2 is 1.85 bits per heavy atom. The van der Waals surface area contributed by atoms with E-state index < -0.39 is 10.0 Å². The molecule has 0 unspecified atom stereocenters. The number of fused-ring (bicyclic) bond motifs is 2. The lowest BCUT2D eigenvalue weighted by Crippen LogP contribution is -2.45. The Kier molecular flexibility index (Phi) is 5.84. The van der Waals surface area contributed by atoms with Gasteiger partial charge in [0.15, 0.2) is 0 Å². The van der Waals surface area contributed by atoms with Crippen molar-refractivity contribution in [3.8, 4) is 0 Å². The number of nitrogens with zero attached hydrogens (tertiary/aromatic N) is 2. The molecule has 2 N–H and O–H groups in total. The lowest BCUT2D eigenvalue weighted by Gasteiger charge is -2.28. The van der Waals surface area contributed by atoms with E-state index in [1.165, 1.54) is 12.1 Å². The summed E-state index contributed by atoms with van der Waals surface area (Å²) in [5, 5.41) is 2.93. The second kappa shape index (κ2) is 7.94. The topological polar surface area (TPSA) is 81.8 Å². The number of carbonyl (C=O) groups excluding carboxylic acids is 1. The number of anilines is 1. The number of rotatable bonds is 5. The maximum Gasteiger partial charge on any atom is 0.322 e. The number of hydrogen-bond acceptors (Lipinski definition) is 4. The predicted molar refractivity (Wildman–Crippen MR) is 102 cm³/mol. The minimum absolute atomic E-state index is 0.0903. The largest absolute Gasteiger partial charge is 0.322 e. The smallest absolute Gasteiger partial charge is 0.317 e. The first-order chi connectivity index (χ1) is 12.4. The molecule has 0 aromatic heterocycles. The lowest BCUT2D eigenvalue weighted by molar-refractivity contribution is 0.186. The van der Waals surface area contributed by atoms with Gasteiger partial charge < -0.3 is 15.1 Å². The van der Waals surface area contributed by atoms with Crippen molar-refractivity contribution in [3.63, 3.8) is 0 Å².